The summed E-state index contributed by atoms with van der Waals surface area (Å²) >= 11 is 6.32. The fraction of sp³-hybridized carbons (Fsp3) is 0.368. The van der Waals surface area contributed by atoms with E-state index in [4.69, 9.17) is 11.6 Å². The van der Waals surface area contributed by atoms with Crippen LogP contribution in [0.15, 0.2) is 36.7 Å². The molecule has 1 aliphatic rings. The Bertz CT molecular complexity index is 817. The number of hydrogen-bond donors (Lipinski definition) is 1. The number of rotatable bonds is 4. The quantitative estimate of drug-likeness (QED) is 0.728. The fourth-order valence-corrected chi connectivity index (χ4v) is 3.89. The summed E-state index contributed by atoms with van der Waals surface area (Å²) in [7, 11) is 0. The van der Waals surface area contributed by atoms with Gasteiger partial charge in [0.25, 0.3) is 0 Å². The molecule has 0 amide bonds. The Balaban J connectivity index is 1.96. The minimum absolute atomic E-state index is 0.0334. The molecule has 138 valence electrons. The number of nitrogens with zero attached hydrogens (tertiary/aromatic N) is 1. The van der Waals surface area contributed by atoms with E-state index in [0.717, 1.165) is 37.9 Å². The van der Waals surface area contributed by atoms with Gasteiger partial charge in [0.15, 0.2) is 0 Å². The lowest BCUT2D eigenvalue weighted by atomic mass is 9.84. The highest BCUT2D eigenvalue weighted by atomic mass is 35.5. The summed E-state index contributed by atoms with van der Waals surface area (Å²) in [6.07, 6.45) is 1.29. The maximum Gasteiger partial charge on any atom is 0.417 e. The first-order chi connectivity index (χ1) is 12.3. The predicted molar refractivity (Wildman–Crippen MR) is 92.0 cm³/mol. The van der Waals surface area contributed by atoms with Crippen LogP contribution in [0.25, 0.3) is 11.1 Å². The van der Waals surface area contributed by atoms with Gasteiger partial charge in [0, 0.05) is 23.0 Å². The number of alkyl halides is 3. The summed E-state index contributed by atoms with van der Waals surface area (Å²) < 4.78 is 38.6. The monoisotopic (exact) mass is 383 g/mol. The molecule has 1 N–H and O–H groups in total. The third-order valence-electron chi connectivity index (χ3n) is 4.87. The molecule has 0 saturated heterocycles. The van der Waals surface area contributed by atoms with E-state index < -0.39 is 23.6 Å². The van der Waals surface area contributed by atoms with E-state index in [9.17, 15) is 23.1 Å². The molecule has 7 heteroatoms. The summed E-state index contributed by atoms with van der Waals surface area (Å²) in [4.78, 5) is 15.4. The van der Waals surface area contributed by atoms with Crippen molar-refractivity contribution in [3.63, 3.8) is 0 Å². The van der Waals surface area contributed by atoms with E-state index >= 15 is 0 Å². The number of carboxylic acid groups (broad SMARTS) is 1. The molecular formula is C19H17ClF3NO2. The van der Waals surface area contributed by atoms with Crippen molar-refractivity contribution in [2.45, 2.75) is 37.8 Å². The van der Waals surface area contributed by atoms with Crippen molar-refractivity contribution in [1.29, 1.82) is 0 Å². The average Bonchev–Trinajstić information content (AvgIpc) is 3.09. The van der Waals surface area contributed by atoms with Crippen LogP contribution in [0.2, 0.25) is 5.02 Å². The van der Waals surface area contributed by atoms with Gasteiger partial charge in [0.2, 0.25) is 0 Å². The van der Waals surface area contributed by atoms with Crippen molar-refractivity contribution < 1.29 is 23.1 Å². The second-order valence-electron chi connectivity index (χ2n) is 6.56. The molecule has 3 nitrogen and oxygen atoms in total. The van der Waals surface area contributed by atoms with Gasteiger partial charge in [-0.25, -0.2) is 0 Å². The predicted octanol–water partition coefficient (Wildman–Crippen LogP) is 5.78. The Hall–Kier alpha value is -2.08. The van der Waals surface area contributed by atoms with Crippen LogP contribution in [-0.2, 0) is 11.0 Å². The SMILES string of the molecule is O=C(O)C(c1ccc(-c2cncc(C(F)(F)F)c2)cc1Cl)C1CCCC1. The lowest BCUT2D eigenvalue weighted by Crippen LogP contribution is -2.20. The van der Waals surface area contributed by atoms with Gasteiger partial charge in [0.05, 0.1) is 11.5 Å². The van der Waals surface area contributed by atoms with Gasteiger partial charge in [-0.2, -0.15) is 13.2 Å². The van der Waals surface area contributed by atoms with Crippen LogP contribution < -0.4 is 0 Å². The summed E-state index contributed by atoms with van der Waals surface area (Å²) in [5.74, 6) is -1.59. The zero-order valence-corrected chi connectivity index (χ0v) is 14.5. The second kappa shape index (κ2) is 7.27. The zero-order chi connectivity index (χ0) is 18.9. The fourth-order valence-electron chi connectivity index (χ4n) is 3.59. The highest BCUT2D eigenvalue weighted by Gasteiger charge is 2.34. The van der Waals surface area contributed by atoms with E-state index in [1.54, 1.807) is 12.1 Å². The second-order valence-corrected chi connectivity index (χ2v) is 6.96. The minimum Gasteiger partial charge on any atom is -0.481 e. The Morgan fingerprint density at radius 3 is 2.42 bits per heavy atom. The Kier molecular flexibility index (Phi) is 5.23. The smallest absolute Gasteiger partial charge is 0.417 e. The first-order valence-electron chi connectivity index (χ1n) is 8.32. The summed E-state index contributed by atoms with van der Waals surface area (Å²) in [6, 6.07) is 5.72. The molecule has 2 aromatic rings. The molecule has 1 aliphatic carbocycles. The first kappa shape index (κ1) is 18.7. The highest BCUT2D eigenvalue weighted by molar-refractivity contribution is 6.32. The molecule has 0 bridgehead atoms. The lowest BCUT2D eigenvalue weighted by Gasteiger charge is -2.21. The normalized spacial score (nSPS) is 16.6. The third kappa shape index (κ3) is 3.85. The topological polar surface area (TPSA) is 50.2 Å². The van der Waals surface area contributed by atoms with Gasteiger partial charge >= 0.3 is 12.1 Å². The summed E-state index contributed by atoms with van der Waals surface area (Å²) in [6.45, 7) is 0. The van der Waals surface area contributed by atoms with Gasteiger partial charge in [-0.3, -0.25) is 9.78 Å². The van der Waals surface area contributed by atoms with Crippen LogP contribution in [0.1, 0.15) is 42.7 Å². The standard InChI is InChI=1S/C19H17ClF3NO2/c20-16-8-12(13-7-14(10-24-9-13)19(21,22)23)5-6-15(16)17(18(25)26)11-3-1-2-4-11/h5-11,17H,1-4H2,(H,25,26). The average molecular weight is 384 g/mol. The molecular weight excluding hydrogens is 367 g/mol. The Morgan fingerprint density at radius 1 is 1.15 bits per heavy atom. The van der Waals surface area contributed by atoms with Gasteiger partial charge in [-0.1, -0.05) is 36.6 Å². The lowest BCUT2D eigenvalue weighted by molar-refractivity contribution is -0.140. The number of halogens is 4. The molecule has 1 heterocycles. The molecule has 1 atom stereocenters. The van der Waals surface area contributed by atoms with Gasteiger partial charge in [-0.15, -0.1) is 0 Å². The number of hydrogen-bond acceptors (Lipinski definition) is 2. The number of carboxylic acids is 1. The van der Waals surface area contributed by atoms with E-state index in [-0.39, 0.29) is 16.5 Å². The van der Waals surface area contributed by atoms with Crippen LogP contribution in [0.3, 0.4) is 0 Å². The molecule has 0 spiro atoms. The maximum atomic E-state index is 12.9. The molecule has 1 saturated carbocycles. The van der Waals surface area contributed by atoms with Crippen molar-refractivity contribution in [2.75, 3.05) is 0 Å². The molecule has 1 fully saturated rings. The van der Waals surface area contributed by atoms with E-state index in [0.29, 0.717) is 11.1 Å². The largest absolute Gasteiger partial charge is 0.481 e. The van der Waals surface area contributed by atoms with Crippen molar-refractivity contribution in [3.05, 3.63) is 52.8 Å². The van der Waals surface area contributed by atoms with Crippen LogP contribution in [0.5, 0.6) is 0 Å². The van der Waals surface area contributed by atoms with Crippen molar-refractivity contribution in [2.24, 2.45) is 5.92 Å². The van der Waals surface area contributed by atoms with Crippen molar-refractivity contribution >= 4 is 17.6 Å². The zero-order valence-electron chi connectivity index (χ0n) is 13.8. The van der Waals surface area contributed by atoms with E-state index in [2.05, 4.69) is 4.98 Å². The highest BCUT2D eigenvalue weighted by Crippen LogP contribution is 2.41. The maximum absolute atomic E-state index is 12.9. The molecule has 0 radical (unpaired) electrons. The first-order valence-corrected chi connectivity index (χ1v) is 8.70. The summed E-state index contributed by atoms with van der Waals surface area (Å²) in [5.41, 5.74) is 0.410. The van der Waals surface area contributed by atoms with E-state index in [1.165, 1.54) is 12.3 Å². The number of aliphatic carboxylic acids is 1. The Labute approximate surface area is 153 Å². The molecule has 0 aliphatic heterocycles. The molecule has 1 aromatic carbocycles. The van der Waals surface area contributed by atoms with Crippen molar-refractivity contribution in [3.8, 4) is 11.1 Å². The molecule has 3 rings (SSSR count). The molecule has 26 heavy (non-hydrogen) atoms. The third-order valence-corrected chi connectivity index (χ3v) is 5.20. The minimum atomic E-state index is -4.48. The van der Waals surface area contributed by atoms with Crippen LogP contribution in [0, 0.1) is 5.92 Å². The van der Waals surface area contributed by atoms with Crippen LogP contribution in [0.4, 0.5) is 13.2 Å². The Morgan fingerprint density at radius 2 is 1.85 bits per heavy atom. The van der Waals surface area contributed by atoms with Crippen molar-refractivity contribution in [1.82, 2.24) is 4.98 Å². The van der Waals surface area contributed by atoms with E-state index in [1.807, 2.05) is 0 Å². The van der Waals surface area contributed by atoms with Gasteiger partial charge < -0.3 is 5.11 Å². The summed E-state index contributed by atoms with van der Waals surface area (Å²) in [5, 5.41) is 9.88. The number of carbonyl (C=O) groups is 1. The number of pyridine rings is 1. The van der Waals surface area contributed by atoms with Crippen LogP contribution in [-0.4, -0.2) is 16.1 Å². The number of benzene rings is 1. The molecule has 1 aromatic heterocycles. The van der Waals surface area contributed by atoms with Crippen LogP contribution >= 0.6 is 11.6 Å². The van der Waals surface area contributed by atoms with Gasteiger partial charge in [0.1, 0.15) is 0 Å². The van der Waals surface area contributed by atoms with Gasteiger partial charge in [-0.05, 0) is 42.0 Å². The molecule has 1 unspecified atom stereocenters. The number of aromatic nitrogens is 1.